The highest BCUT2D eigenvalue weighted by atomic mass is 35.5. The molecule has 2 aromatic rings. The van der Waals surface area contributed by atoms with Crippen molar-refractivity contribution < 1.29 is 9.18 Å². The van der Waals surface area contributed by atoms with E-state index in [-0.39, 0.29) is 29.2 Å². The summed E-state index contributed by atoms with van der Waals surface area (Å²) in [4.78, 5) is 24.0. The SMILES string of the molecule is CC(C)Nc1ncc2c(n1)CN(C(=O)N[C@H](c1ccc(Cl)c(F)c1)[C@H]1CCCCN1)CC2. The minimum Gasteiger partial charge on any atom is -0.352 e. The first-order chi connectivity index (χ1) is 15.4. The number of carbonyl (C=O) groups is 1. The summed E-state index contributed by atoms with van der Waals surface area (Å²) in [5.74, 6) is 0.0925. The highest BCUT2D eigenvalue weighted by Crippen LogP contribution is 2.27. The van der Waals surface area contributed by atoms with Crippen LogP contribution in [0, 0.1) is 5.82 Å². The van der Waals surface area contributed by atoms with Gasteiger partial charge in [-0.1, -0.05) is 24.1 Å². The van der Waals surface area contributed by atoms with Gasteiger partial charge in [-0.05, 0) is 62.9 Å². The number of amides is 2. The number of urea groups is 1. The van der Waals surface area contributed by atoms with Gasteiger partial charge in [0, 0.05) is 24.8 Å². The fourth-order valence-corrected chi connectivity index (χ4v) is 4.43. The smallest absolute Gasteiger partial charge is 0.318 e. The number of hydrogen-bond acceptors (Lipinski definition) is 5. The molecule has 32 heavy (non-hydrogen) atoms. The van der Waals surface area contributed by atoms with Gasteiger partial charge >= 0.3 is 6.03 Å². The van der Waals surface area contributed by atoms with E-state index >= 15 is 0 Å². The van der Waals surface area contributed by atoms with Crippen LogP contribution >= 0.6 is 11.6 Å². The molecule has 2 atom stereocenters. The number of benzene rings is 1. The van der Waals surface area contributed by atoms with Crippen LogP contribution in [-0.2, 0) is 13.0 Å². The van der Waals surface area contributed by atoms with Gasteiger partial charge in [-0.15, -0.1) is 0 Å². The molecule has 2 aliphatic rings. The lowest BCUT2D eigenvalue weighted by molar-refractivity contribution is 0.181. The predicted molar refractivity (Wildman–Crippen MR) is 123 cm³/mol. The Morgan fingerprint density at radius 1 is 1.34 bits per heavy atom. The summed E-state index contributed by atoms with van der Waals surface area (Å²) in [6.45, 7) is 5.94. The van der Waals surface area contributed by atoms with Gasteiger partial charge in [0.05, 0.1) is 23.3 Å². The molecule has 1 saturated heterocycles. The topological polar surface area (TPSA) is 82.2 Å². The maximum atomic E-state index is 14.2. The van der Waals surface area contributed by atoms with Gasteiger partial charge in [0.1, 0.15) is 5.82 Å². The van der Waals surface area contributed by atoms with Gasteiger partial charge in [-0.25, -0.2) is 19.2 Å². The second-order valence-corrected chi connectivity index (χ2v) is 9.20. The van der Waals surface area contributed by atoms with Crippen molar-refractivity contribution in [3.8, 4) is 0 Å². The number of fused-ring (bicyclic) bond motifs is 1. The molecule has 0 radical (unpaired) electrons. The quantitative estimate of drug-likeness (QED) is 0.627. The number of rotatable bonds is 5. The van der Waals surface area contributed by atoms with Crippen LogP contribution in [0.5, 0.6) is 0 Å². The van der Waals surface area contributed by atoms with E-state index in [1.54, 1.807) is 17.0 Å². The standard InChI is InChI=1S/C23H30ClFN6O/c1-14(2)28-22-27-12-16-8-10-31(13-20(16)29-22)23(32)30-21(19-5-3-4-9-26-19)15-6-7-17(24)18(25)11-15/h6-7,11-12,14,19,21,26H,3-5,8-10,13H2,1-2H3,(H,30,32)(H,27,28,29)/t19-,21-/m1/s1. The van der Waals surface area contributed by atoms with Gasteiger partial charge < -0.3 is 20.9 Å². The van der Waals surface area contributed by atoms with E-state index in [9.17, 15) is 9.18 Å². The molecule has 0 saturated carbocycles. The summed E-state index contributed by atoms with van der Waals surface area (Å²) in [6.07, 6.45) is 5.62. The fourth-order valence-electron chi connectivity index (χ4n) is 4.31. The fraction of sp³-hybridized carbons (Fsp3) is 0.522. The number of aromatic nitrogens is 2. The molecule has 0 unspecified atom stereocenters. The van der Waals surface area contributed by atoms with E-state index in [1.807, 2.05) is 20.0 Å². The minimum atomic E-state index is -0.479. The van der Waals surface area contributed by atoms with Crippen molar-refractivity contribution in [2.24, 2.45) is 0 Å². The van der Waals surface area contributed by atoms with Crippen molar-refractivity contribution in [1.82, 2.24) is 25.5 Å². The molecule has 2 amide bonds. The van der Waals surface area contributed by atoms with Crippen LogP contribution in [0.4, 0.5) is 15.1 Å². The summed E-state index contributed by atoms with van der Waals surface area (Å²) in [5.41, 5.74) is 2.63. The van der Waals surface area contributed by atoms with Crippen LogP contribution in [0.15, 0.2) is 24.4 Å². The summed E-state index contributed by atoms with van der Waals surface area (Å²) in [7, 11) is 0. The van der Waals surface area contributed by atoms with Gasteiger partial charge in [0.2, 0.25) is 5.95 Å². The minimum absolute atomic E-state index is 0.0366. The Hall–Kier alpha value is -2.45. The van der Waals surface area contributed by atoms with E-state index in [0.717, 1.165) is 37.1 Å². The molecule has 0 spiro atoms. The van der Waals surface area contributed by atoms with Crippen LogP contribution in [0.1, 0.15) is 56.0 Å². The second-order valence-electron chi connectivity index (χ2n) is 8.79. The van der Waals surface area contributed by atoms with Gasteiger partial charge in [0.25, 0.3) is 0 Å². The lowest BCUT2D eigenvalue weighted by atomic mass is 9.92. The van der Waals surface area contributed by atoms with Gasteiger partial charge in [-0.3, -0.25) is 0 Å². The number of nitrogens with one attached hydrogen (secondary N) is 3. The van der Waals surface area contributed by atoms with Crippen molar-refractivity contribution >= 4 is 23.6 Å². The Morgan fingerprint density at radius 3 is 2.91 bits per heavy atom. The Kier molecular flexibility index (Phi) is 7.10. The van der Waals surface area contributed by atoms with Crippen molar-refractivity contribution in [2.75, 3.05) is 18.4 Å². The van der Waals surface area contributed by atoms with E-state index in [4.69, 9.17) is 11.6 Å². The zero-order valence-corrected chi connectivity index (χ0v) is 19.3. The first-order valence-electron chi connectivity index (χ1n) is 11.3. The first kappa shape index (κ1) is 22.7. The Bertz CT molecular complexity index is 965. The molecular weight excluding hydrogens is 431 g/mol. The summed E-state index contributed by atoms with van der Waals surface area (Å²) in [5, 5.41) is 9.92. The molecule has 7 nitrogen and oxygen atoms in total. The molecule has 9 heteroatoms. The molecule has 1 fully saturated rings. The highest BCUT2D eigenvalue weighted by molar-refractivity contribution is 6.30. The lowest BCUT2D eigenvalue weighted by Gasteiger charge is -2.35. The number of piperidine rings is 1. The number of carbonyl (C=O) groups excluding carboxylic acids is 1. The summed E-state index contributed by atoms with van der Waals surface area (Å²) in [6, 6.07) is 4.49. The number of anilines is 1. The number of hydrogen-bond donors (Lipinski definition) is 3. The summed E-state index contributed by atoms with van der Waals surface area (Å²) < 4.78 is 14.2. The largest absolute Gasteiger partial charge is 0.352 e. The molecule has 0 bridgehead atoms. The zero-order valence-electron chi connectivity index (χ0n) is 18.5. The van der Waals surface area contributed by atoms with Crippen LogP contribution in [0.3, 0.4) is 0 Å². The van der Waals surface area contributed by atoms with E-state index in [0.29, 0.717) is 31.0 Å². The Labute approximate surface area is 193 Å². The van der Waals surface area contributed by atoms with Crippen molar-refractivity contribution in [3.63, 3.8) is 0 Å². The summed E-state index contributed by atoms with van der Waals surface area (Å²) >= 11 is 5.89. The third kappa shape index (κ3) is 5.30. The molecular formula is C23H30ClFN6O. The van der Waals surface area contributed by atoms with Crippen LogP contribution < -0.4 is 16.0 Å². The average Bonchev–Trinajstić information content (AvgIpc) is 2.79. The third-order valence-corrected chi connectivity index (χ3v) is 6.29. The van der Waals surface area contributed by atoms with E-state index in [1.165, 1.54) is 6.07 Å². The maximum absolute atomic E-state index is 14.2. The van der Waals surface area contributed by atoms with Crippen LogP contribution in [0.25, 0.3) is 0 Å². The lowest BCUT2D eigenvalue weighted by Crippen LogP contribution is -2.50. The Morgan fingerprint density at radius 2 is 2.19 bits per heavy atom. The normalized spacial score (nSPS) is 19.4. The van der Waals surface area contributed by atoms with Gasteiger partial charge in [-0.2, -0.15) is 0 Å². The van der Waals surface area contributed by atoms with Crippen LogP contribution in [-0.4, -0.2) is 46.1 Å². The monoisotopic (exact) mass is 460 g/mol. The molecule has 1 aromatic heterocycles. The number of halogens is 2. The van der Waals surface area contributed by atoms with Crippen molar-refractivity contribution in [3.05, 3.63) is 52.1 Å². The predicted octanol–water partition coefficient (Wildman–Crippen LogP) is 4.04. The van der Waals surface area contributed by atoms with Crippen molar-refractivity contribution in [2.45, 2.75) is 64.2 Å². The van der Waals surface area contributed by atoms with E-state index < -0.39 is 5.82 Å². The molecule has 2 aliphatic heterocycles. The average molecular weight is 461 g/mol. The highest BCUT2D eigenvalue weighted by Gasteiger charge is 2.30. The molecule has 0 aliphatic carbocycles. The third-order valence-electron chi connectivity index (χ3n) is 5.98. The maximum Gasteiger partial charge on any atom is 0.318 e. The Balaban J connectivity index is 1.51. The van der Waals surface area contributed by atoms with Crippen molar-refractivity contribution in [1.29, 1.82) is 0 Å². The first-order valence-corrected chi connectivity index (χ1v) is 11.6. The molecule has 3 N–H and O–H groups in total. The molecule has 4 rings (SSSR count). The zero-order chi connectivity index (χ0) is 22.7. The molecule has 3 heterocycles. The number of nitrogens with zero attached hydrogens (tertiary/aromatic N) is 3. The molecule has 1 aromatic carbocycles. The van der Waals surface area contributed by atoms with Crippen LogP contribution in [0.2, 0.25) is 5.02 Å². The van der Waals surface area contributed by atoms with Gasteiger partial charge in [0.15, 0.2) is 0 Å². The molecule has 172 valence electrons. The second kappa shape index (κ2) is 10.0. The van der Waals surface area contributed by atoms with E-state index in [2.05, 4.69) is 25.9 Å².